The van der Waals surface area contributed by atoms with Crippen LogP contribution in [0.3, 0.4) is 0 Å². The quantitative estimate of drug-likeness (QED) is 0.798. The van der Waals surface area contributed by atoms with Gasteiger partial charge in [0, 0.05) is 37.8 Å². The summed E-state index contributed by atoms with van der Waals surface area (Å²) in [5.74, 6) is 0. The van der Waals surface area contributed by atoms with E-state index in [0.717, 1.165) is 45.2 Å². The van der Waals surface area contributed by atoms with Crippen molar-refractivity contribution >= 4 is 12.1 Å². The molecule has 3 aliphatic heterocycles. The summed E-state index contributed by atoms with van der Waals surface area (Å²) in [4.78, 5) is 29.9. The maximum Gasteiger partial charge on any atom is 0.407 e. The Labute approximate surface area is 149 Å². The number of urea groups is 1. The zero-order valence-corrected chi connectivity index (χ0v) is 15.1. The highest BCUT2D eigenvalue weighted by molar-refractivity contribution is 5.78. The molecule has 0 radical (unpaired) electrons. The van der Waals surface area contributed by atoms with E-state index in [-0.39, 0.29) is 11.6 Å². The summed E-state index contributed by atoms with van der Waals surface area (Å²) in [6.07, 6.45) is 6.80. The first-order valence-corrected chi connectivity index (χ1v) is 9.80. The predicted octanol–water partition coefficient (Wildman–Crippen LogP) is 1.93. The topological polar surface area (TPSA) is 76.1 Å². The smallest absolute Gasteiger partial charge is 0.407 e. The van der Waals surface area contributed by atoms with Crippen molar-refractivity contribution in [2.75, 3.05) is 26.2 Å². The number of nitrogens with one attached hydrogen (secondary N) is 1. The van der Waals surface area contributed by atoms with Crippen molar-refractivity contribution in [1.29, 1.82) is 0 Å². The van der Waals surface area contributed by atoms with Crippen molar-refractivity contribution in [1.82, 2.24) is 20.0 Å². The van der Waals surface area contributed by atoms with Gasteiger partial charge in [0.15, 0.2) is 0 Å². The zero-order chi connectivity index (χ0) is 17.6. The number of rotatable bonds is 2. The van der Waals surface area contributed by atoms with Crippen LogP contribution in [-0.4, -0.2) is 81.8 Å². The van der Waals surface area contributed by atoms with Gasteiger partial charge in [-0.15, -0.1) is 0 Å². The van der Waals surface area contributed by atoms with Gasteiger partial charge in [0.1, 0.15) is 0 Å². The minimum Gasteiger partial charge on any atom is -0.465 e. The van der Waals surface area contributed by atoms with Gasteiger partial charge in [-0.25, -0.2) is 9.59 Å². The molecule has 0 aromatic carbocycles. The number of carbonyl (C=O) groups excluding carboxylic acids is 1. The molecule has 7 nitrogen and oxygen atoms in total. The van der Waals surface area contributed by atoms with Crippen LogP contribution in [0.25, 0.3) is 0 Å². The van der Waals surface area contributed by atoms with Gasteiger partial charge < -0.3 is 20.2 Å². The van der Waals surface area contributed by atoms with E-state index in [0.29, 0.717) is 31.2 Å². The first-order valence-electron chi connectivity index (χ1n) is 9.80. The van der Waals surface area contributed by atoms with Gasteiger partial charge in [-0.05, 0) is 39.0 Å². The molecular formula is C18H30N4O3. The lowest BCUT2D eigenvalue weighted by Gasteiger charge is -2.45. The van der Waals surface area contributed by atoms with Crippen molar-refractivity contribution in [3.05, 3.63) is 0 Å². The van der Waals surface area contributed by atoms with Gasteiger partial charge in [0.2, 0.25) is 0 Å². The number of fused-ring (bicyclic) bond motifs is 1. The van der Waals surface area contributed by atoms with Gasteiger partial charge in [0.05, 0.1) is 12.1 Å². The summed E-state index contributed by atoms with van der Waals surface area (Å²) < 4.78 is 0. The van der Waals surface area contributed by atoms with Crippen molar-refractivity contribution in [2.45, 2.75) is 75.5 Å². The fourth-order valence-electron chi connectivity index (χ4n) is 5.48. The zero-order valence-electron chi connectivity index (χ0n) is 15.1. The highest BCUT2D eigenvalue weighted by Crippen LogP contribution is 2.35. The second kappa shape index (κ2) is 6.34. The minimum atomic E-state index is -0.810. The summed E-state index contributed by atoms with van der Waals surface area (Å²) >= 11 is 0. The van der Waals surface area contributed by atoms with Gasteiger partial charge in [-0.2, -0.15) is 0 Å². The molecule has 3 amide bonds. The van der Waals surface area contributed by atoms with Gasteiger partial charge in [0.25, 0.3) is 0 Å². The van der Waals surface area contributed by atoms with E-state index in [1.807, 2.05) is 0 Å². The van der Waals surface area contributed by atoms with Crippen molar-refractivity contribution in [3.8, 4) is 0 Å². The minimum absolute atomic E-state index is 0.0516. The van der Waals surface area contributed by atoms with Gasteiger partial charge in [-0.1, -0.05) is 12.8 Å². The van der Waals surface area contributed by atoms with Crippen LogP contribution in [0.1, 0.15) is 51.9 Å². The van der Waals surface area contributed by atoms with Gasteiger partial charge >= 0.3 is 12.1 Å². The monoisotopic (exact) mass is 350 g/mol. The maximum absolute atomic E-state index is 12.5. The lowest BCUT2D eigenvalue weighted by Crippen LogP contribution is -2.56. The molecule has 25 heavy (non-hydrogen) atoms. The van der Waals surface area contributed by atoms with Crippen molar-refractivity contribution in [3.63, 3.8) is 0 Å². The highest BCUT2D eigenvalue weighted by atomic mass is 16.4. The molecular weight excluding hydrogens is 320 g/mol. The fraction of sp³-hybridized carbons (Fsp3) is 0.889. The molecule has 140 valence electrons. The molecule has 0 aromatic heterocycles. The Bertz CT molecular complexity index is 548. The third-order valence-electron chi connectivity index (χ3n) is 6.97. The number of carboxylic acid groups (broad SMARTS) is 1. The maximum atomic E-state index is 12.5. The highest BCUT2D eigenvalue weighted by Gasteiger charge is 2.46. The van der Waals surface area contributed by atoms with E-state index in [9.17, 15) is 14.7 Å². The lowest BCUT2D eigenvalue weighted by molar-refractivity contribution is 0.0443. The molecule has 3 heterocycles. The molecule has 3 unspecified atom stereocenters. The molecule has 3 atom stereocenters. The average molecular weight is 350 g/mol. The first-order chi connectivity index (χ1) is 12.0. The number of hydrogen-bond acceptors (Lipinski definition) is 3. The molecule has 1 aliphatic carbocycles. The van der Waals surface area contributed by atoms with Crippen molar-refractivity contribution in [2.24, 2.45) is 0 Å². The number of likely N-dealkylation sites (tertiary alicyclic amines) is 2. The molecule has 0 aromatic rings. The standard InChI is InChI=1S/C18H30N4O3/c1-18(8-11-20(12-18)17(24)25)21-9-6-13(7-10-21)22-15-5-3-2-4-14(15)19-16(22)23/h13-15H,2-12H2,1H3,(H,19,23)(H,24,25). The van der Waals surface area contributed by atoms with Gasteiger partial charge in [-0.3, -0.25) is 4.90 Å². The van der Waals surface area contributed by atoms with E-state index >= 15 is 0 Å². The Hall–Kier alpha value is -1.50. The van der Waals surface area contributed by atoms with Crippen molar-refractivity contribution < 1.29 is 14.7 Å². The third-order valence-corrected chi connectivity index (χ3v) is 6.97. The molecule has 0 bridgehead atoms. The average Bonchev–Trinajstić information content (AvgIpc) is 3.16. The van der Waals surface area contributed by atoms with E-state index in [1.54, 1.807) is 0 Å². The van der Waals surface area contributed by atoms with E-state index in [1.165, 1.54) is 17.7 Å². The van der Waals surface area contributed by atoms with Crippen LogP contribution in [0, 0.1) is 0 Å². The van der Waals surface area contributed by atoms with Crippen LogP contribution in [0.2, 0.25) is 0 Å². The molecule has 0 spiro atoms. The van der Waals surface area contributed by atoms with E-state index < -0.39 is 6.09 Å². The van der Waals surface area contributed by atoms with E-state index in [2.05, 4.69) is 22.0 Å². The number of carbonyl (C=O) groups is 2. The number of hydrogen-bond donors (Lipinski definition) is 2. The predicted molar refractivity (Wildman–Crippen MR) is 93.6 cm³/mol. The van der Waals surface area contributed by atoms with Crippen LogP contribution in [0.5, 0.6) is 0 Å². The normalized spacial score (nSPS) is 37.2. The first kappa shape index (κ1) is 16.9. The molecule has 2 N–H and O–H groups in total. The molecule has 4 aliphatic rings. The van der Waals surface area contributed by atoms with E-state index in [4.69, 9.17) is 0 Å². The third kappa shape index (κ3) is 2.96. The Morgan fingerprint density at radius 2 is 1.88 bits per heavy atom. The lowest BCUT2D eigenvalue weighted by atomic mass is 9.88. The molecule has 1 saturated carbocycles. The largest absolute Gasteiger partial charge is 0.465 e. The fourth-order valence-corrected chi connectivity index (χ4v) is 5.48. The second-order valence-corrected chi connectivity index (χ2v) is 8.48. The van der Waals surface area contributed by atoms with Crippen LogP contribution in [0.4, 0.5) is 9.59 Å². The molecule has 7 heteroatoms. The van der Waals surface area contributed by atoms with Crippen LogP contribution in [-0.2, 0) is 0 Å². The SMILES string of the molecule is CC1(N2CCC(N3C(=O)NC4CCCCC43)CC2)CCN(C(=O)O)C1. The van der Waals surface area contributed by atoms with Crippen LogP contribution >= 0.6 is 0 Å². The van der Waals surface area contributed by atoms with Crippen LogP contribution in [0.15, 0.2) is 0 Å². The summed E-state index contributed by atoms with van der Waals surface area (Å²) in [6, 6.07) is 1.22. The summed E-state index contributed by atoms with van der Waals surface area (Å²) in [7, 11) is 0. The summed E-state index contributed by atoms with van der Waals surface area (Å²) in [5.41, 5.74) is -0.0516. The van der Waals surface area contributed by atoms with Crippen LogP contribution < -0.4 is 5.32 Å². The molecule has 4 fully saturated rings. The Morgan fingerprint density at radius 1 is 1.16 bits per heavy atom. The number of piperidine rings is 1. The molecule has 4 rings (SSSR count). The number of nitrogens with zero attached hydrogens (tertiary/aromatic N) is 3. The number of amides is 3. The summed E-state index contributed by atoms with van der Waals surface area (Å²) in [5, 5.41) is 12.4. The molecule has 3 saturated heterocycles. The Kier molecular flexibility index (Phi) is 4.30. The second-order valence-electron chi connectivity index (χ2n) is 8.48. The Morgan fingerprint density at radius 3 is 2.56 bits per heavy atom. The summed E-state index contributed by atoms with van der Waals surface area (Å²) in [6.45, 7) is 5.33. The Balaban J connectivity index is 1.37.